The average molecular weight is 234 g/mol. The van der Waals surface area contributed by atoms with Crippen LogP contribution in [0.1, 0.15) is 42.6 Å². The molecule has 1 aromatic rings. The van der Waals surface area contributed by atoms with E-state index in [9.17, 15) is 9.59 Å². The lowest BCUT2D eigenvalue weighted by atomic mass is 9.94. The minimum atomic E-state index is -0.853. The Morgan fingerprint density at radius 3 is 2.47 bits per heavy atom. The molecule has 17 heavy (non-hydrogen) atoms. The summed E-state index contributed by atoms with van der Waals surface area (Å²) in [7, 11) is 0. The Labute approximate surface area is 101 Å². The van der Waals surface area contributed by atoms with Crippen molar-refractivity contribution in [2.24, 2.45) is 5.92 Å². The van der Waals surface area contributed by atoms with Crippen LogP contribution in [0.5, 0.6) is 0 Å². The molecule has 92 valence electrons. The van der Waals surface area contributed by atoms with Crippen molar-refractivity contribution in [2.45, 2.75) is 33.1 Å². The van der Waals surface area contributed by atoms with Crippen LogP contribution in [0.15, 0.2) is 24.3 Å². The third kappa shape index (κ3) is 4.02. The number of benzene rings is 1. The van der Waals surface area contributed by atoms with Crippen molar-refractivity contribution in [3.05, 3.63) is 35.4 Å². The molecule has 0 fully saturated rings. The molecule has 1 unspecified atom stereocenters. The summed E-state index contributed by atoms with van der Waals surface area (Å²) in [6.45, 7) is 3.80. The molecule has 0 aliphatic rings. The first kappa shape index (κ1) is 13.4. The normalized spacial score (nSPS) is 12.1. The maximum atomic E-state index is 12.0. The van der Waals surface area contributed by atoms with Gasteiger partial charge in [0.15, 0.2) is 5.78 Å². The zero-order chi connectivity index (χ0) is 12.8. The average Bonchev–Trinajstić information content (AvgIpc) is 2.27. The number of carboxylic acids is 1. The van der Waals surface area contributed by atoms with Gasteiger partial charge < -0.3 is 5.11 Å². The predicted octanol–water partition coefficient (Wildman–Crippen LogP) is 2.93. The number of hydrogen-bond donors (Lipinski definition) is 1. The number of ketones is 1. The van der Waals surface area contributed by atoms with Crippen LogP contribution in [-0.4, -0.2) is 16.9 Å². The van der Waals surface area contributed by atoms with Crippen molar-refractivity contribution in [2.75, 3.05) is 0 Å². The van der Waals surface area contributed by atoms with Crippen LogP contribution in [-0.2, 0) is 11.2 Å². The van der Waals surface area contributed by atoms with Crippen molar-refractivity contribution in [1.29, 1.82) is 0 Å². The molecule has 0 amide bonds. The zero-order valence-electron chi connectivity index (χ0n) is 10.3. The molecular weight excluding hydrogens is 216 g/mol. The zero-order valence-corrected chi connectivity index (χ0v) is 10.3. The molecule has 1 N–H and O–H groups in total. The van der Waals surface area contributed by atoms with Gasteiger partial charge in [0.1, 0.15) is 0 Å². The van der Waals surface area contributed by atoms with E-state index in [1.165, 1.54) is 0 Å². The molecular formula is C14H18O3. The molecule has 3 nitrogen and oxygen atoms in total. The molecule has 0 heterocycles. The Morgan fingerprint density at radius 2 is 1.88 bits per heavy atom. The number of carbonyl (C=O) groups is 2. The summed E-state index contributed by atoms with van der Waals surface area (Å²) < 4.78 is 0. The molecule has 0 radical (unpaired) electrons. The quantitative estimate of drug-likeness (QED) is 0.770. The predicted molar refractivity (Wildman–Crippen MR) is 66.2 cm³/mol. The number of carboxylic acid groups (broad SMARTS) is 1. The fourth-order valence-electron chi connectivity index (χ4n) is 1.90. The number of aliphatic carboxylic acids is 1. The van der Waals surface area contributed by atoms with Crippen LogP contribution in [0.3, 0.4) is 0 Å². The van der Waals surface area contributed by atoms with Gasteiger partial charge in [-0.25, -0.2) is 0 Å². The highest BCUT2D eigenvalue weighted by atomic mass is 16.4. The molecule has 0 saturated heterocycles. The maximum Gasteiger partial charge on any atom is 0.303 e. The summed E-state index contributed by atoms with van der Waals surface area (Å²) in [5.74, 6) is -0.935. The van der Waals surface area contributed by atoms with Crippen LogP contribution in [0, 0.1) is 5.92 Å². The second-order valence-electron chi connectivity index (χ2n) is 4.34. The number of aryl methyl sites for hydroxylation is 1. The van der Waals surface area contributed by atoms with Gasteiger partial charge in [0, 0.05) is 18.4 Å². The van der Waals surface area contributed by atoms with E-state index in [0.717, 1.165) is 17.5 Å². The standard InChI is InChI=1S/C14H18O3/c1-3-11-6-4-5-7-12(11)13(15)8-10(2)9-14(16)17/h4-7,10H,3,8-9H2,1-2H3,(H,16,17). The first-order valence-corrected chi connectivity index (χ1v) is 5.87. The van der Waals surface area contributed by atoms with Gasteiger partial charge >= 0.3 is 5.97 Å². The lowest BCUT2D eigenvalue weighted by Gasteiger charge is -2.10. The van der Waals surface area contributed by atoms with Crippen LogP contribution in [0.25, 0.3) is 0 Å². The molecule has 1 rings (SSSR count). The lowest BCUT2D eigenvalue weighted by Crippen LogP contribution is -2.11. The Balaban J connectivity index is 2.72. The SMILES string of the molecule is CCc1ccccc1C(=O)CC(C)CC(=O)O. The van der Waals surface area contributed by atoms with E-state index in [0.29, 0.717) is 6.42 Å². The lowest BCUT2D eigenvalue weighted by molar-refractivity contribution is -0.137. The van der Waals surface area contributed by atoms with E-state index in [1.54, 1.807) is 6.92 Å². The molecule has 0 spiro atoms. The minimum absolute atomic E-state index is 0.0381. The second-order valence-corrected chi connectivity index (χ2v) is 4.34. The van der Waals surface area contributed by atoms with Crippen molar-refractivity contribution in [1.82, 2.24) is 0 Å². The molecule has 0 aromatic heterocycles. The van der Waals surface area contributed by atoms with Crippen molar-refractivity contribution >= 4 is 11.8 Å². The van der Waals surface area contributed by atoms with Gasteiger partial charge in [-0.15, -0.1) is 0 Å². The van der Waals surface area contributed by atoms with Crippen LogP contribution in [0.4, 0.5) is 0 Å². The second kappa shape index (κ2) is 6.18. The molecule has 1 aromatic carbocycles. The van der Waals surface area contributed by atoms with Gasteiger partial charge in [-0.3, -0.25) is 9.59 Å². The van der Waals surface area contributed by atoms with Gasteiger partial charge in [-0.1, -0.05) is 38.1 Å². The summed E-state index contributed by atoms with van der Waals surface area (Å²) in [4.78, 5) is 22.6. The first-order chi connectivity index (χ1) is 8.04. The van der Waals surface area contributed by atoms with Crippen molar-refractivity contribution in [3.8, 4) is 0 Å². The van der Waals surface area contributed by atoms with E-state index in [-0.39, 0.29) is 18.1 Å². The number of rotatable bonds is 6. The Kier molecular flexibility index (Phi) is 4.88. The van der Waals surface area contributed by atoms with E-state index in [1.807, 2.05) is 31.2 Å². The van der Waals surface area contributed by atoms with Gasteiger partial charge in [-0.05, 0) is 17.9 Å². The first-order valence-electron chi connectivity index (χ1n) is 5.87. The minimum Gasteiger partial charge on any atom is -0.481 e. The van der Waals surface area contributed by atoms with E-state index >= 15 is 0 Å². The van der Waals surface area contributed by atoms with Crippen molar-refractivity contribution in [3.63, 3.8) is 0 Å². The van der Waals surface area contributed by atoms with Crippen LogP contribution in [0.2, 0.25) is 0 Å². The third-order valence-corrected chi connectivity index (χ3v) is 2.76. The number of Topliss-reactive ketones (excluding diaryl/α,β-unsaturated/α-hetero) is 1. The third-order valence-electron chi connectivity index (χ3n) is 2.76. The van der Waals surface area contributed by atoms with Gasteiger partial charge in [0.25, 0.3) is 0 Å². The van der Waals surface area contributed by atoms with Crippen molar-refractivity contribution < 1.29 is 14.7 Å². The summed E-state index contributed by atoms with van der Waals surface area (Å²) >= 11 is 0. The Morgan fingerprint density at radius 1 is 1.24 bits per heavy atom. The summed E-state index contributed by atoms with van der Waals surface area (Å²) in [6, 6.07) is 7.51. The van der Waals surface area contributed by atoms with Gasteiger partial charge in [0.05, 0.1) is 0 Å². The number of hydrogen-bond acceptors (Lipinski definition) is 2. The van der Waals surface area contributed by atoms with E-state index in [4.69, 9.17) is 5.11 Å². The largest absolute Gasteiger partial charge is 0.481 e. The fourth-order valence-corrected chi connectivity index (χ4v) is 1.90. The highest BCUT2D eigenvalue weighted by Crippen LogP contribution is 2.16. The fraction of sp³-hybridized carbons (Fsp3) is 0.429. The smallest absolute Gasteiger partial charge is 0.303 e. The van der Waals surface area contributed by atoms with E-state index in [2.05, 4.69) is 0 Å². The highest BCUT2D eigenvalue weighted by Gasteiger charge is 2.15. The van der Waals surface area contributed by atoms with E-state index < -0.39 is 5.97 Å². The number of carbonyl (C=O) groups excluding carboxylic acids is 1. The summed E-state index contributed by atoms with van der Waals surface area (Å²) in [5, 5.41) is 8.66. The Hall–Kier alpha value is -1.64. The van der Waals surface area contributed by atoms with Gasteiger partial charge in [0.2, 0.25) is 0 Å². The Bertz CT molecular complexity index is 410. The maximum absolute atomic E-state index is 12.0. The molecule has 0 bridgehead atoms. The summed E-state index contributed by atoms with van der Waals surface area (Å²) in [5.41, 5.74) is 1.76. The molecule has 0 saturated carbocycles. The summed E-state index contributed by atoms with van der Waals surface area (Å²) in [6.07, 6.45) is 1.15. The van der Waals surface area contributed by atoms with Gasteiger partial charge in [-0.2, -0.15) is 0 Å². The molecule has 1 atom stereocenters. The topological polar surface area (TPSA) is 54.4 Å². The molecule has 0 aliphatic heterocycles. The molecule has 0 aliphatic carbocycles. The highest BCUT2D eigenvalue weighted by molar-refractivity contribution is 5.97. The molecule has 3 heteroatoms. The monoisotopic (exact) mass is 234 g/mol. The van der Waals surface area contributed by atoms with Crippen LogP contribution >= 0.6 is 0 Å². The van der Waals surface area contributed by atoms with Crippen LogP contribution < -0.4 is 0 Å².